The lowest BCUT2D eigenvalue weighted by Gasteiger charge is -2.32. The van der Waals surface area contributed by atoms with Crippen molar-refractivity contribution in [2.75, 3.05) is 18.0 Å². The maximum Gasteiger partial charge on any atom is 0.433 e. The second kappa shape index (κ2) is 7.12. The van der Waals surface area contributed by atoms with E-state index in [2.05, 4.69) is 15.0 Å². The second-order valence-corrected chi connectivity index (χ2v) is 5.60. The van der Waals surface area contributed by atoms with Gasteiger partial charge >= 0.3 is 6.18 Å². The summed E-state index contributed by atoms with van der Waals surface area (Å²) in [5.41, 5.74) is 0.0867. The molecule has 0 aliphatic carbocycles. The molecule has 1 saturated heterocycles. The maximum absolute atomic E-state index is 12.7. The summed E-state index contributed by atoms with van der Waals surface area (Å²) in [6, 6.07) is 4.68. The highest BCUT2D eigenvalue weighted by Crippen LogP contribution is 2.28. The summed E-state index contributed by atoms with van der Waals surface area (Å²) >= 11 is 0. The number of aromatic nitrogens is 3. The molecule has 24 heavy (non-hydrogen) atoms. The van der Waals surface area contributed by atoms with E-state index in [1.807, 2.05) is 12.1 Å². The van der Waals surface area contributed by atoms with Gasteiger partial charge in [0.2, 0.25) is 5.95 Å². The molecule has 0 spiro atoms. The van der Waals surface area contributed by atoms with E-state index < -0.39 is 11.9 Å². The first-order chi connectivity index (χ1) is 11.5. The summed E-state index contributed by atoms with van der Waals surface area (Å²) in [6.45, 7) is 1.62. The Morgan fingerprint density at radius 2 is 1.96 bits per heavy atom. The molecule has 0 atom stereocenters. The first-order valence-corrected chi connectivity index (χ1v) is 7.68. The Kier molecular flexibility index (Phi) is 4.94. The van der Waals surface area contributed by atoms with Crippen LogP contribution >= 0.6 is 0 Å². The van der Waals surface area contributed by atoms with Crippen molar-refractivity contribution in [3.05, 3.63) is 48.0 Å². The van der Waals surface area contributed by atoms with E-state index in [-0.39, 0.29) is 12.1 Å². The molecule has 128 valence electrons. The molecular weight excluding hydrogens is 321 g/mol. The summed E-state index contributed by atoms with van der Waals surface area (Å²) in [5, 5.41) is 0. The van der Waals surface area contributed by atoms with Crippen LogP contribution in [0, 0.1) is 0 Å². The molecule has 0 unspecified atom stereocenters. The van der Waals surface area contributed by atoms with Crippen molar-refractivity contribution < 1.29 is 17.9 Å². The fourth-order valence-electron chi connectivity index (χ4n) is 2.58. The molecule has 5 nitrogen and oxygen atoms in total. The standard InChI is InChI=1S/C16H17F3N4O/c17-16(18,19)14-3-7-21-15(22-14)23-8-4-13(5-9-23)24-11-12-2-1-6-20-10-12/h1-3,6-7,10,13H,4-5,8-9,11H2. The Bertz CT molecular complexity index is 658. The van der Waals surface area contributed by atoms with Gasteiger partial charge in [-0.3, -0.25) is 4.98 Å². The van der Waals surface area contributed by atoms with Gasteiger partial charge < -0.3 is 9.64 Å². The highest BCUT2D eigenvalue weighted by Gasteiger charge is 2.33. The number of piperidine rings is 1. The van der Waals surface area contributed by atoms with Gasteiger partial charge in [-0.1, -0.05) is 6.07 Å². The van der Waals surface area contributed by atoms with E-state index in [9.17, 15) is 13.2 Å². The quantitative estimate of drug-likeness (QED) is 0.857. The maximum atomic E-state index is 12.7. The van der Waals surface area contributed by atoms with Crippen molar-refractivity contribution in [1.29, 1.82) is 0 Å². The lowest BCUT2D eigenvalue weighted by atomic mass is 10.1. The Balaban J connectivity index is 1.53. The van der Waals surface area contributed by atoms with Crippen LogP contribution in [0.25, 0.3) is 0 Å². The van der Waals surface area contributed by atoms with Gasteiger partial charge in [-0.15, -0.1) is 0 Å². The number of halogens is 3. The molecule has 0 amide bonds. The number of ether oxygens (including phenoxy) is 1. The van der Waals surface area contributed by atoms with Crippen LogP contribution in [0.3, 0.4) is 0 Å². The van der Waals surface area contributed by atoms with Crippen molar-refractivity contribution in [1.82, 2.24) is 15.0 Å². The molecule has 0 bridgehead atoms. The number of nitrogens with zero attached hydrogens (tertiary/aromatic N) is 4. The van der Waals surface area contributed by atoms with Gasteiger partial charge in [0.05, 0.1) is 12.7 Å². The molecule has 2 aromatic heterocycles. The van der Waals surface area contributed by atoms with Crippen LogP contribution in [0.1, 0.15) is 24.1 Å². The molecule has 8 heteroatoms. The van der Waals surface area contributed by atoms with Gasteiger partial charge in [-0.25, -0.2) is 9.97 Å². The minimum atomic E-state index is -4.46. The van der Waals surface area contributed by atoms with Crippen molar-refractivity contribution in [3.8, 4) is 0 Å². The van der Waals surface area contributed by atoms with Crippen LogP contribution in [0.4, 0.5) is 19.1 Å². The number of rotatable bonds is 4. The molecule has 0 radical (unpaired) electrons. The normalized spacial score (nSPS) is 16.4. The molecule has 0 N–H and O–H groups in total. The molecule has 3 rings (SSSR count). The highest BCUT2D eigenvalue weighted by atomic mass is 19.4. The van der Waals surface area contributed by atoms with Crippen LogP contribution in [0.5, 0.6) is 0 Å². The highest BCUT2D eigenvalue weighted by molar-refractivity contribution is 5.31. The zero-order valence-corrected chi connectivity index (χ0v) is 12.9. The van der Waals surface area contributed by atoms with Crippen molar-refractivity contribution >= 4 is 5.95 Å². The van der Waals surface area contributed by atoms with Crippen LogP contribution in [-0.2, 0) is 17.5 Å². The van der Waals surface area contributed by atoms with Gasteiger partial charge in [0, 0.05) is 31.7 Å². The van der Waals surface area contributed by atoms with Crippen LogP contribution in [0.15, 0.2) is 36.8 Å². The van der Waals surface area contributed by atoms with Gasteiger partial charge in [-0.2, -0.15) is 13.2 Å². The van der Waals surface area contributed by atoms with E-state index in [0.717, 1.165) is 30.7 Å². The van der Waals surface area contributed by atoms with Gasteiger partial charge in [-0.05, 0) is 30.5 Å². The number of alkyl halides is 3. The van der Waals surface area contributed by atoms with Gasteiger partial charge in [0.25, 0.3) is 0 Å². The molecule has 2 aromatic rings. The topological polar surface area (TPSA) is 51.1 Å². The third-order valence-electron chi connectivity index (χ3n) is 3.87. The monoisotopic (exact) mass is 338 g/mol. The average Bonchev–Trinajstić information content (AvgIpc) is 2.61. The van der Waals surface area contributed by atoms with Crippen molar-refractivity contribution in [2.24, 2.45) is 0 Å². The number of hydrogen-bond acceptors (Lipinski definition) is 5. The Labute approximate surface area is 137 Å². The lowest BCUT2D eigenvalue weighted by molar-refractivity contribution is -0.141. The fraction of sp³-hybridized carbons (Fsp3) is 0.438. The average molecular weight is 338 g/mol. The van der Waals surface area contributed by atoms with Crippen molar-refractivity contribution in [2.45, 2.75) is 31.7 Å². The van der Waals surface area contributed by atoms with Crippen LogP contribution < -0.4 is 4.90 Å². The summed E-state index contributed by atoms with van der Waals surface area (Å²) in [6.07, 6.45) is 1.67. The van der Waals surface area contributed by atoms with E-state index in [1.165, 1.54) is 0 Å². The van der Waals surface area contributed by atoms with Crippen LogP contribution in [0.2, 0.25) is 0 Å². The van der Waals surface area contributed by atoms with Gasteiger partial charge in [0.15, 0.2) is 0 Å². The van der Waals surface area contributed by atoms with Crippen LogP contribution in [-0.4, -0.2) is 34.1 Å². The predicted molar refractivity (Wildman–Crippen MR) is 81.3 cm³/mol. The van der Waals surface area contributed by atoms with E-state index in [4.69, 9.17) is 4.74 Å². The van der Waals surface area contributed by atoms with E-state index in [1.54, 1.807) is 17.3 Å². The molecule has 0 aromatic carbocycles. The summed E-state index contributed by atoms with van der Waals surface area (Å²) < 4.78 is 44.0. The lowest BCUT2D eigenvalue weighted by Crippen LogP contribution is -2.38. The third kappa shape index (κ3) is 4.19. The minimum Gasteiger partial charge on any atom is -0.373 e. The summed E-state index contributed by atoms with van der Waals surface area (Å²) in [7, 11) is 0. The molecular formula is C16H17F3N4O. The molecule has 1 aliphatic heterocycles. The molecule has 0 saturated carbocycles. The first-order valence-electron chi connectivity index (χ1n) is 7.68. The van der Waals surface area contributed by atoms with E-state index in [0.29, 0.717) is 19.7 Å². The first kappa shape index (κ1) is 16.6. The summed E-state index contributed by atoms with van der Waals surface area (Å²) in [4.78, 5) is 13.4. The summed E-state index contributed by atoms with van der Waals surface area (Å²) in [5.74, 6) is 0.121. The zero-order chi connectivity index (χ0) is 17.0. The van der Waals surface area contributed by atoms with Crippen molar-refractivity contribution in [3.63, 3.8) is 0 Å². The number of hydrogen-bond donors (Lipinski definition) is 0. The Morgan fingerprint density at radius 3 is 2.62 bits per heavy atom. The van der Waals surface area contributed by atoms with E-state index >= 15 is 0 Å². The fourth-order valence-corrected chi connectivity index (χ4v) is 2.58. The largest absolute Gasteiger partial charge is 0.433 e. The predicted octanol–water partition coefficient (Wildman–Crippen LogP) is 3.08. The SMILES string of the molecule is FC(F)(F)c1ccnc(N2CCC(OCc3cccnc3)CC2)n1. The smallest absolute Gasteiger partial charge is 0.373 e. The van der Waals surface area contributed by atoms with Gasteiger partial charge in [0.1, 0.15) is 5.69 Å². The number of anilines is 1. The Hall–Kier alpha value is -2.22. The molecule has 1 aliphatic rings. The molecule has 1 fully saturated rings. The second-order valence-electron chi connectivity index (χ2n) is 5.60. The zero-order valence-electron chi connectivity index (χ0n) is 12.9. The number of pyridine rings is 1. The molecule has 3 heterocycles. The third-order valence-corrected chi connectivity index (χ3v) is 3.87. The Morgan fingerprint density at radius 1 is 1.17 bits per heavy atom. The minimum absolute atomic E-state index is 0.0762.